The Hall–Kier alpha value is -1.62. The maximum Gasteiger partial charge on any atom is 0.197 e. The van der Waals surface area contributed by atoms with Crippen LogP contribution in [0.4, 0.5) is 10.1 Å². The molecule has 0 saturated heterocycles. The molecule has 1 saturated carbocycles. The van der Waals surface area contributed by atoms with Crippen LogP contribution in [-0.2, 0) is 0 Å². The summed E-state index contributed by atoms with van der Waals surface area (Å²) in [5.74, 6) is -0.936. The SMILES string of the molecule is Nc1ccc(C(=O)c2c(Cl)ccc(C(N)C3CC3)c2F)cc1Cl. The van der Waals surface area contributed by atoms with E-state index in [1.54, 1.807) is 6.07 Å². The van der Waals surface area contributed by atoms with Crippen LogP contribution in [-0.4, -0.2) is 5.78 Å². The number of nitrogens with two attached hydrogens (primary N) is 2. The summed E-state index contributed by atoms with van der Waals surface area (Å²) in [5.41, 5.74) is 12.4. The summed E-state index contributed by atoms with van der Waals surface area (Å²) in [5, 5.41) is 0.283. The summed E-state index contributed by atoms with van der Waals surface area (Å²) in [7, 11) is 0. The van der Waals surface area contributed by atoms with Crippen molar-refractivity contribution in [1.82, 2.24) is 0 Å². The summed E-state index contributed by atoms with van der Waals surface area (Å²) in [6.45, 7) is 0. The highest BCUT2D eigenvalue weighted by Crippen LogP contribution is 2.41. The maximum absolute atomic E-state index is 14.8. The van der Waals surface area contributed by atoms with Gasteiger partial charge in [0.2, 0.25) is 0 Å². The molecule has 0 bridgehead atoms. The van der Waals surface area contributed by atoms with Gasteiger partial charge in [-0.3, -0.25) is 4.79 Å². The van der Waals surface area contributed by atoms with Gasteiger partial charge in [-0.2, -0.15) is 0 Å². The van der Waals surface area contributed by atoms with E-state index in [0.717, 1.165) is 12.8 Å². The minimum absolute atomic E-state index is 0.0483. The molecule has 1 unspecified atom stereocenters. The van der Waals surface area contributed by atoms with Crippen LogP contribution in [0.2, 0.25) is 10.0 Å². The summed E-state index contributed by atoms with van der Waals surface area (Å²) < 4.78 is 14.8. The standard InChI is InChI=1S/C17H15Cl2FN2O/c18-11-5-4-10(16(22)8-1-2-8)15(20)14(11)17(23)9-3-6-13(21)12(19)7-9/h3-8,16H,1-2,21-22H2. The molecule has 2 aromatic carbocycles. The number of halogens is 3. The minimum atomic E-state index is -0.658. The summed E-state index contributed by atoms with van der Waals surface area (Å²) in [6, 6.07) is 7.03. The molecule has 4 N–H and O–H groups in total. The number of hydrogen-bond acceptors (Lipinski definition) is 3. The van der Waals surface area contributed by atoms with Crippen LogP contribution >= 0.6 is 23.2 Å². The molecular formula is C17H15Cl2FN2O. The van der Waals surface area contributed by atoms with Gasteiger partial charge in [-0.1, -0.05) is 29.3 Å². The Bertz CT molecular complexity index is 790. The van der Waals surface area contributed by atoms with Gasteiger partial charge in [-0.25, -0.2) is 4.39 Å². The lowest BCUT2D eigenvalue weighted by Gasteiger charge is -2.15. The molecule has 0 heterocycles. The first-order chi connectivity index (χ1) is 10.9. The first-order valence-electron chi connectivity index (χ1n) is 7.23. The Balaban J connectivity index is 2.05. The molecule has 0 aliphatic heterocycles. The quantitative estimate of drug-likeness (QED) is 0.634. The first-order valence-corrected chi connectivity index (χ1v) is 7.99. The van der Waals surface area contributed by atoms with Gasteiger partial charge in [-0.05, 0) is 43.0 Å². The van der Waals surface area contributed by atoms with Crippen LogP contribution in [0.1, 0.15) is 40.4 Å². The number of nitrogen functional groups attached to an aromatic ring is 1. The highest BCUT2D eigenvalue weighted by Gasteiger charge is 2.33. The van der Waals surface area contributed by atoms with Crippen molar-refractivity contribution in [3.63, 3.8) is 0 Å². The fourth-order valence-electron chi connectivity index (χ4n) is 2.56. The number of carbonyl (C=O) groups excluding carboxylic acids is 1. The molecule has 1 aliphatic carbocycles. The van der Waals surface area contributed by atoms with Gasteiger partial charge in [0.05, 0.1) is 21.3 Å². The third kappa shape index (κ3) is 3.07. The number of ketones is 1. The summed E-state index contributed by atoms with van der Waals surface area (Å²) >= 11 is 12.0. The zero-order chi connectivity index (χ0) is 16.7. The van der Waals surface area contributed by atoms with E-state index in [0.29, 0.717) is 11.3 Å². The van der Waals surface area contributed by atoms with Gasteiger partial charge in [-0.15, -0.1) is 0 Å². The predicted molar refractivity (Wildman–Crippen MR) is 90.4 cm³/mol. The van der Waals surface area contributed by atoms with Crippen LogP contribution in [0.3, 0.4) is 0 Å². The third-order valence-electron chi connectivity index (χ3n) is 4.10. The second-order valence-electron chi connectivity index (χ2n) is 5.75. The van der Waals surface area contributed by atoms with E-state index < -0.39 is 17.6 Å². The molecule has 3 nitrogen and oxygen atoms in total. The number of rotatable bonds is 4. The van der Waals surface area contributed by atoms with Gasteiger partial charge in [0.25, 0.3) is 0 Å². The molecule has 0 radical (unpaired) electrons. The Morgan fingerprint density at radius 2 is 1.87 bits per heavy atom. The molecule has 0 amide bonds. The summed E-state index contributed by atoms with van der Waals surface area (Å²) in [4.78, 5) is 12.6. The van der Waals surface area contributed by atoms with Crippen LogP contribution < -0.4 is 11.5 Å². The topological polar surface area (TPSA) is 69.1 Å². The van der Waals surface area contributed by atoms with E-state index in [1.165, 1.54) is 24.3 Å². The molecule has 0 spiro atoms. The maximum atomic E-state index is 14.8. The highest BCUT2D eigenvalue weighted by molar-refractivity contribution is 6.36. The van der Waals surface area contributed by atoms with Gasteiger partial charge in [0.15, 0.2) is 5.78 Å². The highest BCUT2D eigenvalue weighted by atomic mass is 35.5. The molecule has 2 aromatic rings. The van der Waals surface area contributed by atoms with Gasteiger partial charge in [0.1, 0.15) is 5.82 Å². The van der Waals surface area contributed by atoms with Crippen molar-refractivity contribution >= 4 is 34.7 Å². The van der Waals surface area contributed by atoms with Crippen LogP contribution in [0.5, 0.6) is 0 Å². The van der Waals surface area contributed by atoms with Gasteiger partial charge < -0.3 is 11.5 Å². The lowest BCUT2D eigenvalue weighted by Crippen LogP contribution is -2.17. The second-order valence-corrected chi connectivity index (χ2v) is 6.57. The smallest absolute Gasteiger partial charge is 0.197 e. The Kier molecular flexibility index (Phi) is 4.32. The van der Waals surface area contributed by atoms with E-state index in [1.807, 2.05) is 0 Å². The largest absolute Gasteiger partial charge is 0.398 e. The van der Waals surface area contributed by atoms with Crippen molar-refractivity contribution in [2.75, 3.05) is 5.73 Å². The monoisotopic (exact) mass is 352 g/mol. The Morgan fingerprint density at radius 1 is 1.17 bits per heavy atom. The number of hydrogen-bond donors (Lipinski definition) is 2. The van der Waals surface area contributed by atoms with Crippen LogP contribution in [0.25, 0.3) is 0 Å². The van der Waals surface area contributed by atoms with Crippen molar-refractivity contribution < 1.29 is 9.18 Å². The fourth-order valence-corrected chi connectivity index (χ4v) is 2.97. The Morgan fingerprint density at radius 3 is 2.48 bits per heavy atom. The Labute approximate surface area is 143 Å². The molecule has 1 atom stereocenters. The number of anilines is 1. The van der Waals surface area contributed by atoms with Crippen molar-refractivity contribution in [3.05, 3.63) is 62.9 Å². The van der Waals surface area contributed by atoms with Crippen molar-refractivity contribution in [3.8, 4) is 0 Å². The molecule has 6 heteroatoms. The number of carbonyl (C=O) groups is 1. The van der Waals surface area contributed by atoms with Crippen molar-refractivity contribution in [2.24, 2.45) is 11.7 Å². The van der Waals surface area contributed by atoms with Crippen LogP contribution in [0, 0.1) is 11.7 Å². The van der Waals surface area contributed by atoms with E-state index >= 15 is 0 Å². The molecule has 23 heavy (non-hydrogen) atoms. The zero-order valence-corrected chi connectivity index (χ0v) is 13.7. The minimum Gasteiger partial charge on any atom is -0.398 e. The van der Waals surface area contributed by atoms with Crippen LogP contribution in [0.15, 0.2) is 30.3 Å². The first kappa shape index (κ1) is 16.2. The normalized spacial score (nSPS) is 15.5. The van der Waals surface area contributed by atoms with Crippen molar-refractivity contribution in [1.29, 1.82) is 0 Å². The average Bonchev–Trinajstić information content (AvgIpc) is 3.34. The molecule has 0 aromatic heterocycles. The molecular weight excluding hydrogens is 338 g/mol. The van der Waals surface area contributed by atoms with E-state index in [-0.39, 0.29) is 27.1 Å². The van der Waals surface area contributed by atoms with Gasteiger partial charge in [0, 0.05) is 17.2 Å². The lowest BCUT2D eigenvalue weighted by molar-refractivity contribution is 0.103. The average molecular weight is 353 g/mol. The predicted octanol–water partition coefficient (Wildman–Crippen LogP) is 4.36. The van der Waals surface area contributed by atoms with Crippen molar-refractivity contribution in [2.45, 2.75) is 18.9 Å². The molecule has 1 fully saturated rings. The van der Waals surface area contributed by atoms with E-state index in [2.05, 4.69) is 0 Å². The summed E-state index contributed by atoms with van der Waals surface area (Å²) in [6.07, 6.45) is 1.94. The second kappa shape index (κ2) is 6.11. The molecule has 3 rings (SSSR count). The van der Waals surface area contributed by atoms with Gasteiger partial charge >= 0.3 is 0 Å². The fraction of sp³-hybridized carbons (Fsp3) is 0.235. The van der Waals surface area contributed by atoms with E-state index in [9.17, 15) is 9.18 Å². The zero-order valence-electron chi connectivity index (χ0n) is 12.2. The number of benzene rings is 2. The molecule has 120 valence electrons. The lowest BCUT2D eigenvalue weighted by atomic mass is 9.95. The molecule has 1 aliphatic rings. The third-order valence-corrected chi connectivity index (χ3v) is 4.74. The van der Waals surface area contributed by atoms with E-state index in [4.69, 9.17) is 34.7 Å².